The molecule has 0 radical (unpaired) electrons. The molecule has 0 N–H and O–H groups in total. The van der Waals surface area contributed by atoms with E-state index in [4.69, 9.17) is 11.6 Å². The van der Waals surface area contributed by atoms with Crippen molar-refractivity contribution >= 4 is 17.3 Å². The Morgan fingerprint density at radius 2 is 2.25 bits per heavy atom. The van der Waals surface area contributed by atoms with Crippen LogP contribution in [0.25, 0.3) is 5.69 Å². The molecule has 0 fully saturated rings. The van der Waals surface area contributed by atoms with Crippen molar-refractivity contribution in [1.82, 2.24) is 9.78 Å². The van der Waals surface area contributed by atoms with Crippen molar-refractivity contribution in [2.45, 2.75) is 0 Å². The molecule has 16 heavy (non-hydrogen) atoms. The number of benzene rings is 1. The lowest BCUT2D eigenvalue weighted by atomic mass is 10.2. The van der Waals surface area contributed by atoms with Crippen LogP contribution in [-0.4, -0.2) is 14.7 Å². The monoisotopic (exact) mass is 241 g/mol. The average molecular weight is 242 g/mol. The standard InChI is InChI=1S/C9H5ClFN3O2/c10-6-4-12-13(5-6)8-3-1-2-7(11)9(8)14(15)16/h1-5H. The van der Waals surface area contributed by atoms with Crippen LogP contribution >= 0.6 is 11.6 Å². The van der Waals surface area contributed by atoms with Gasteiger partial charge in [0.2, 0.25) is 5.82 Å². The minimum Gasteiger partial charge on any atom is -0.258 e. The SMILES string of the molecule is O=[N+]([O-])c1c(F)cccc1-n1cc(Cl)cn1. The highest BCUT2D eigenvalue weighted by atomic mass is 35.5. The van der Waals surface area contributed by atoms with Crippen molar-refractivity contribution in [1.29, 1.82) is 0 Å². The number of aromatic nitrogens is 2. The molecule has 0 spiro atoms. The zero-order valence-corrected chi connectivity index (χ0v) is 8.56. The van der Waals surface area contributed by atoms with Gasteiger partial charge in [-0.3, -0.25) is 10.1 Å². The highest BCUT2D eigenvalue weighted by Gasteiger charge is 2.21. The molecule has 2 aromatic rings. The first-order valence-corrected chi connectivity index (χ1v) is 4.61. The van der Waals surface area contributed by atoms with Gasteiger partial charge in [0.05, 0.1) is 16.1 Å². The van der Waals surface area contributed by atoms with E-state index in [0.29, 0.717) is 5.02 Å². The highest BCUT2D eigenvalue weighted by molar-refractivity contribution is 6.30. The molecule has 82 valence electrons. The van der Waals surface area contributed by atoms with Gasteiger partial charge in [-0.1, -0.05) is 17.7 Å². The maximum absolute atomic E-state index is 13.3. The average Bonchev–Trinajstić information content (AvgIpc) is 2.63. The van der Waals surface area contributed by atoms with Gasteiger partial charge in [-0.25, -0.2) is 4.68 Å². The van der Waals surface area contributed by atoms with Crippen molar-refractivity contribution in [2.24, 2.45) is 0 Å². The Labute approximate surface area is 94.2 Å². The first-order chi connectivity index (χ1) is 7.59. The number of nitro groups is 1. The number of halogens is 2. The molecule has 7 heteroatoms. The molecule has 0 unspecified atom stereocenters. The Morgan fingerprint density at radius 3 is 2.81 bits per heavy atom. The molecule has 0 aliphatic carbocycles. The summed E-state index contributed by atoms with van der Waals surface area (Å²) in [6.07, 6.45) is 2.68. The summed E-state index contributed by atoms with van der Waals surface area (Å²) in [6.45, 7) is 0. The molecule has 1 aromatic carbocycles. The van der Waals surface area contributed by atoms with Gasteiger partial charge >= 0.3 is 5.69 Å². The summed E-state index contributed by atoms with van der Waals surface area (Å²) >= 11 is 5.64. The lowest BCUT2D eigenvalue weighted by Crippen LogP contribution is -2.02. The fourth-order valence-electron chi connectivity index (χ4n) is 1.30. The summed E-state index contributed by atoms with van der Waals surface area (Å²) in [6, 6.07) is 3.78. The van der Waals surface area contributed by atoms with E-state index < -0.39 is 16.4 Å². The molecule has 0 amide bonds. The Balaban J connectivity index is 2.65. The highest BCUT2D eigenvalue weighted by Crippen LogP contribution is 2.26. The van der Waals surface area contributed by atoms with E-state index >= 15 is 0 Å². The van der Waals surface area contributed by atoms with Gasteiger partial charge in [-0.15, -0.1) is 0 Å². The predicted octanol–water partition coefficient (Wildman–Crippen LogP) is 2.57. The topological polar surface area (TPSA) is 61.0 Å². The van der Waals surface area contributed by atoms with Gasteiger partial charge < -0.3 is 0 Å². The lowest BCUT2D eigenvalue weighted by molar-refractivity contribution is -0.387. The summed E-state index contributed by atoms with van der Waals surface area (Å²) in [5.74, 6) is -0.908. The second-order valence-corrected chi connectivity index (χ2v) is 3.40. The smallest absolute Gasteiger partial charge is 0.258 e. The van der Waals surface area contributed by atoms with E-state index in [1.807, 2.05) is 0 Å². The van der Waals surface area contributed by atoms with E-state index in [0.717, 1.165) is 10.7 Å². The summed E-state index contributed by atoms with van der Waals surface area (Å²) < 4.78 is 14.4. The van der Waals surface area contributed by atoms with Gasteiger partial charge in [0.1, 0.15) is 5.69 Å². The molecular formula is C9H5ClFN3O2. The molecule has 0 atom stereocenters. The third kappa shape index (κ3) is 1.74. The van der Waals surface area contributed by atoms with Crippen LogP contribution in [0.1, 0.15) is 0 Å². The Morgan fingerprint density at radius 1 is 1.50 bits per heavy atom. The number of nitro benzene ring substituents is 1. The van der Waals surface area contributed by atoms with Crippen LogP contribution < -0.4 is 0 Å². The van der Waals surface area contributed by atoms with E-state index in [9.17, 15) is 14.5 Å². The molecule has 0 aliphatic heterocycles. The number of hydrogen-bond donors (Lipinski definition) is 0. The molecule has 1 heterocycles. The van der Waals surface area contributed by atoms with Gasteiger partial charge in [0, 0.05) is 6.20 Å². The van der Waals surface area contributed by atoms with Crippen molar-refractivity contribution in [3.05, 3.63) is 51.5 Å². The zero-order valence-electron chi connectivity index (χ0n) is 7.80. The van der Waals surface area contributed by atoms with Gasteiger partial charge in [0.25, 0.3) is 0 Å². The maximum atomic E-state index is 13.3. The quantitative estimate of drug-likeness (QED) is 0.600. The van der Waals surface area contributed by atoms with Crippen LogP contribution in [0.2, 0.25) is 5.02 Å². The van der Waals surface area contributed by atoms with Crippen molar-refractivity contribution < 1.29 is 9.31 Å². The summed E-state index contributed by atoms with van der Waals surface area (Å²) in [7, 11) is 0. The zero-order chi connectivity index (χ0) is 11.7. The van der Waals surface area contributed by atoms with Gasteiger partial charge in [0.15, 0.2) is 0 Å². The first-order valence-electron chi connectivity index (χ1n) is 4.23. The lowest BCUT2D eigenvalue weighted by Gasteiger charge is -2.02. The van der Waals surface area contributed by atoms with Crippen LogP contribution in [0.15, 0.2) is 30.6 Å². The van der Waals surface area contributed by atoms with Crippen molar-refractivity contribution in [2.75, 3.05) is 0 Å². The minimum atomic E-state index is -0.908. The second-order valence-electron chi connectivity index (χ2n) is 2.97. The van der Waals surface area contributed by atoms with Crippen molar-refractivity contribution in [3.8, 4) is 5.69 Å². The molecular weight excluding hydrogens is 237 g/mol. The number of nitrogens with zero attached hydrogens (tertiary/aromatic N) is 3. The third-order valence-electron chi connectivity index (χ3n) is 1.95. The van der Waals surface area contributed by atoms with Crippen LogP contribution in [0.3, 0.4) is 0 Å². The first kappa shape index (κ1) is 10.6. The predicted molar refractivity (Wildman–Crippen MR) is 55.2 cm³/mol. The molecule has 5 nitrogen and oxygen atoms in total. The largest absolute Gasteiger partial charge is 0.330 e. The third-order valence-corrected chi connectivity index (χ3v) is 2.14. The summed E-state index contributed by atoms with van der Waals surface area (Å²) in [4.78, 5) is 9.92. The van der Waals surface area contributed by atoms with E-state index in [2.05, 4.69) is 5.10 Å². The molecule has 2 rings (SSSR count). The van der Waals surface area contributed by atoms with Crippen LogP contribution in [0, 0.1) is 15.9 Å². The van der Waals surface area contributed by atoms with Gasteiger partial charge in [-0.05, 0) is 12.1 Å². The van der Waals surface area contributed by atoms with E-state index in [-0.39, 0.29) is 5.69 Å². The Hall–Kier alpha value is -1.95. The second kappa shape index (κ2) is 3.90. The van der Waals surface area contributed by atoms with E-state index in [1.54, 1.807) is 0 Å². The van der Waals surface area contributed by atoms with Gasteiger partial charge in [-0.2, -0.15) is 9.49 Å². The molecule has 1 aromatic heterocycles. The van der Waals surface area contributed by atoms with Crippen LogP contribution in [0.5, 0.6) is 0 Å². The molecule has 0 bridgehead atoms. The normalized spacial score (nSPS) is 10.4. The number of rotatable bonds is 2. The Kier molecular flexibility index (Phi) is 2.57. The van der Waals surface area contributed by atoms with Crippen LogP contribution in [-0.2, 0) is 0 Å². The number of hydrogen-bond acceptors (Lipinski definition) is 3. The molecule has 0 aliphatic rings. The number of para-hydroxylation sites is 1. The van der Waals surface area contributed by atoms with Crippen LogP contribution in [0.4, 0.5) is 10.1 Å². The van der Waals surface area contributed by atoms with E-state index in [1.165, 1.54) is 24.5 Å². The molecule has 0 saturated carbocycles. The van der Waals surface area contributed by atoms with Crippen molar-refractivity contribution in [3.63, 3.8) is 0 Å². The summed E-state index contributed by atoms with van der Waals surface area (Å²) in [5, 5.41) is 14.8. The molecule has 0 saturated heterocycles. The Bertz CT molecular complexity index is 555. The fraction of sp³-hybridized carbons (Fsp3) is 0. The maximum Gasteiger partial charge on any atom is 0.330 e. The fourth-order valence-corrected chi connectivity index (χ4v) is 1.44. The summed E-state index contributed by atoms with van der Waals surface area (Å²) in [5.41, 5.74) is -0.584. The minimum absolute atomic E-state index is 0.0388.